The van der Waals surface area contributed by atoms with E-state index in [9.17, 15) is 23.1 Å². The number of urea groups is 1. The van der Waals surface area contributed by atoms with Crippen molar-refractivity contribution < 1.29 is 23.1 Å². The number of rotatable bonds is 3. The van der Waals surface area contributed by atoms with Gasteiger partial charge in [-0.15, -0.1) is 0 Å². The number of carbonyl (C=O) groups is 2. The molecule has 142 valence electrons. The summed E-state index contributed by atoms with van der Waals surface area (Å²) in [6, 6.07) is 6.43. The second-order valence-electron chi connectivity index (χ2n) is 7.07. The molecule has 2 amide bonds. The molecule has 2 heterocycles. The van der Waals surface area contributed by atoms with Gasteiger partial charge in [0.1, 0.15) is 0 Å². The number of aromatic carboxylic acids is 1. The molecule has 7 nitrogen and oxygen atoms in total. The lowest BCUT2D eigenvalue weighted by Crippen LogP contribution is -2.49. The van der Waals surface area contributed by atoms with Crippen LogP contribution in [0.5, 0.6) is 0 Å². The van der Waals surface area contributed by atoms with Gasteiger partial charge in [-0.05, 0) is 43.7 Å². The molecule has 3 rings (SSSR count). The van der Waals surface area contributed by atoms with Gasteiger partial charge in [0.2, 0.25) is 0 Å². The molecule has 2 aliphatic heterocycles. The van der Waals surface area contributed by atoms with E-state index in [1.165, 1.54) is 0 Å². The fraction of sp³-hybridized carbons (Fsp3) is 0.556. The van der Waals surface area contributed by atoms with Gasteiger partial charge in [0.15, 0.2) is 9.84 Å². The molecule has 2 atom stereocenters. The average molecular weight is 380 g/mol. The van der Waals surface area contributed by atoms with Crippen LogP contribution in [-0.4, -0.2) is 60.6 Å². The zero-order valence-corrected chi connectivity index (χ0v) is 15.5. The summed E-state index contributed by atoms with van der Waals surface area (Å²) < 4.78 is 23.6. The number of benzene rings is 1. The minimum atomic E-state index is -3.10. The second kappa shape index (κ2) is 7.26. The number of amides is 2. The Kier molecular flexibility index (Phi) is 5.22. The lowest BCUT2D eigenvalue weighted by molar-refractivity contribution is 0.0694. The third kappa shape index (κ3) is 3.70. The molecule has 1 aromatic carbocycles. The Balaban J connectivity index is 1.59. The van der Waals surface area contributed by atoms with E-state index in [1.807, 2.05) is 12.1 Å². The lowest BCUT2D eigenvalue weighted by Gasteiger charge is -2.33. The highest BCUT2D eigenvalue weighted by Crippen LogP contribution is 2.30. The van der Waals surface area contributed by atoms with Crippen LogP contribution in [0.2, 0.25) is 0 Å². The fourth-order valence-electron chi connectivity index (χ4n) is 3.84. The molecule has 1 aromatic rings. The monoisotopic (exact) mass is 380 g/mol. The number of likely N-dealkylation sites (tertiary alicyclic amines) is 1. The highest BCUT2D eigenvalue weighted by atomic mass is 32.2. The third-order valence-corrected chi connectivity index (χ3v) is 7.83. The predicted molar refractivity (Wildman–Crippen MR) is 97.1 cm³/mol. The summed E-state index contributed by atoms with van der Waals surface area (Å²) in [6.07, 6.45) is 1.84. The van der Waals surface area contributed by atoms with Crippen LogP contribution in [0.3, 0.4) is 0 Å². The molecule has 2 fully saturated rings. The second-order valence-corrected chi connectivity index (χ2v) is 9.55. The minimum absolute atomic E-state index is 0.108. The van der Waals surface area contributed by atoms with E-state index in [0.717, 1.165) is 5.56 Å². The molecule has 0 bridgehead atoms. The number of carboxylic acid groups (broad SMARTS) is 1. The number of sulfone groups is 1. The summed E-state index contributed by atoms with van der Waals surface area (Å²) in [4.78, 5) is 25.5. The summed E-state index contributed by atoms with van der Waals surface area (Å²) in [5.74, 6) is -0.706. The van der Waals surface area contributed by atoms with Gasteiger partial charge in [0, 0.05) is 19.1 Å². The van der Waals surface area contributed by atoms with Crippen LogP contribution in [0.25, 0.3) is 0 Å². The largest absolute Gasteiger partial charge is 0.478 e. The van der Waals surface area contributed by atoms with Gasteiger partial charge >= 0.3 is 12.0 Å². The van der Waals surface area contributed by atoms with E-state index < -0.39 is 21.1 Å². The Morgan fingerprint density at radius 2 is 1.81 bits per heavy atom. The Hall–Kier alpha value is -2.09. The van der Waals surface area contributed by atoms with Crippen molar-refractivity contribution >= 4 is 21.8 Å². The van der Waals surface area contributed by atoms with Gasteiger partial charge in [-0.2, -0.15) is 0 Å². The van der Waals surface area contributed by atoms with E-state index in [1.54, 1.807) is 24.0 Å². The lowest BCUT2D eigenvalue weighted by atomic mass is 9.86. The van der Waals surface area contributed by atoms with Crippen LogP contribution in [0.15, 0.2) is 24.3 Å². The first-order chi connectivity index (χ1) is 12.3. The zero-order chi connectivity index (χ0) is 18.9. The summed E-state index contributed by atoms with van der Waals surface area (Å²) in [5.41, 5.74) is 1.14. The normalized spacial score (nSPS) is 25.8. The van der Waals surface area contributed by atoms with E-state index in [4.69, 9.17) is 0 Å². The van der Waals surface area contributed by atoms with Crippen molar-refractivity contribution in [3.63, 3.8) is 0 Å². The van der Waals surface area contributed by atoms with Crippen molar-refractivity contribution in [2.45, 2.75) is 43.4 Å². The van der Waals surface area contributed by atoms with Crippen molar-refractivity contribution in [1.82, 2.24) is 10.2 Å². The average Bonchev–Trinajstić information content (AvgIpc) is 2.88. The van der Waals surface area contributed by atoms with Crippen molar-refractivity contribution in [3.8, 4) is 0 Å². The summed E-state index contributed by atoms with van der Waals surface area (Å²) in [6.45, 7) is 2.69. The molecule has 0 unspecified atom stereocenters. The van der Waals surface area contributed by atoms with Crippen molar-refractivity contribution in [1.29, 1.82) is 0 Å². The number of carboxylic acids is 1. The van der Waals surface area contributed by atoms with Crippen LogP contribution < -0.4 is 5.32 Å². The first kappa shape index (κ1) is 18.7. The van der Waals surface area contributed by atoms with Gasteiger partial charge in [0.05, 0.1) is 16.6 Å². The molecule has 0 aliphatic carbocycles. The number of hydrogen-bond donors (Lipinski definition) is 2. The van der Waals surface area contributed by atoms with Gasteiger partial charge in [-0.25, -0.2) is 18.0 Å². The van der Waals surface area contributed by atoms with E-state index in [-0.39, 0.29) is 23.7 Å². The van der Waals surface area contributed by atoms with Crippen LogP contribution >= 0.6 is 0 Å². The first-order valence-corrected chi connectivity index (χ1v) is 10.6. The van der Waals surface area contributed by atoms with Crippen molar-refractivity contribution in [3.05, 3.63) is 35.4 Å². The highest BCUT2D eigenvalue weighted by Gasteiger charge is 2.38. The maximum Gasteiger partial charge on any atom is 0.335 e. The third-order valence-electron chi connectivity index (χ3n) is 5.57. The minimum Gasteiger partial charge on any atom is -0.478 e. The molecular weight excluding hydrogens is 356 g/mol. The Bertz CT molecular complexity index is 800. The van der Waals surface area contributed by atoms with E-state index in [2.05, 4.69) is 5.32 Å². The Labute approximate surface area is 153 Å². The zero-order valence-electron chi connectivity index (χ0n) is 14.7. The predicted octanol–water partition coefficient (Wildman–Crippen LogP) is 1.85. The SMILES string of the molecule is C[C@@H]1[C@H](NC(=O)N2CCC(c3ccccc3C(=O)O)CC2)CCS1(=O)=O. The number of piperidine rings is 1. The van der Waals surface area contributed by atoms with Crippen LogP contribution in [-0.2, 0) is 9.84 Å². The molecule has 0 saturated carbocycles. The standard InChI is InChI=1S/C18H24N2O5S/c1-12-16(8-11-26(12,24)25)19-18(23)20-9-6-13(7-10-20)14-4-2-3-5-15(14)17(21)22/h2-5,12-13,16H,6-11H2,1H3,(H,19,23)(H,21,22)/t12-,16-/m1/s1. The molecule has 26 heavy (non-hydrogen) atoms. The smallest absolute Gasteiger partial charge is 0.335 e. The fourth-order valence-corrected chi connectivity index (χ4v) is 5.50. The molecular formula is C18H24N2O5S. The van der Waals surface area contributed by atoms with Crippen LogP contribution in [0.1, 0.15) is 48.0 Å². The number of carbonyl (C=O) groups excluding carboxylic acids is 1. The molecule has 2 aliphatic rings. The van der Waals surface area contributed by atoms with Gasteiger partial charge in [-0.3, -0.25) is 0 Å². The van der Waals surface area contributed by atoms with Gasteiger partial charge in [-0.1, -0.05) is 18.2 Å². The van der Waals surface area contributed by atoms with Crippen molar-refractivity contribution in [2.75, 3.05) is 18.8 Å². The molecule has 2 saturated heterocycles. The van der Waals surface area contributed by atoms with E-state index in [0.29, 0.717) is 37.9 Å². The maximum atomic E-state index is 12.5. The van der Waals surface area contributed by atoms with Crippen LogP contribution in [0.4, 0.5) is 4.79 Å². The highest BCUT2D eigenvalue weighted by molar-refractivity contribution is 7.92. The molecule has 0 aromatic heterocycles. The van der Waals surface area contributed by atoms with Gasteiger partial charge < -0.3 is 15.3 Å². The first-order valence-electron chi connectivity index (χ1n) is 8.89. The number of nitrogens with zero attached hydrogens (tertiary/aromatic N) is 1. The summed E-state index contributed by atoms with van der Waals surface area (Å²) >= 11 is 0. The Morgan fingerprint density at radius 3 is 2.38 bits per heavy atom. The number of hydrogen-bond acceptors (Lipinski definition) is 4. The maximum absolute atomic E-state index is 12.5. The Morgan fingerprint density at radius 1 is 1.15 bits per heavy atom. The summed E-state index contributed by atoms with van der Waals surface area (Å²) in [7, 11) is -3.10. The van der Waals surface area contributed by atoms with Crippen molar-refractivity contribution in [2.24, 2.45) is 0 Å². The number of nitrogens with one attached hydrogen (secondary N) is 1. The van der Waals surface area contributed by atoms with Gasteiger partial charge in [0.25, 0.3) is 0 Å². The molecule has 0 radical (unpaired) electrons. The topological polar surface area (TPSA) is 104 Å². The van der Waals surface area contributed by atoms with Crippen LogP contribution in [0, 0.1) is 0 Å². The quantitative estimate of drug-likeness (QED) is 0.833. The van der Waals surface area contributed by atoms with E-state index >= 15 is 0 Å². The molecule has 0 spiro atoms. The molecule has 8 heteroatoms. The molecule has 2 N–H and O–H groups in total. The summed E-state index contributed by atoms with van der Waals surface area (Å²) in [5, 5.41) is 11.6.